The maximum Gasteiger partial charge on any atom is 0.235 e. The lowest BCUT2D eigenvalue weighted by Gasteiger charge is -2.27. The van der Waals surface area contributed by atoms with Gasteiger partial charge in [0.25, 0.3) is 0 Å². The zero-order chi connectivity index (χ0) is 22.5. The molecule has 3 aromatic rings. The van der Waals surface area contributed by atoms with Crippen molar-refractivity contribution in [2.24, 2.45) is 0 Å². The van der Waals surface area contributed by atoms with Crippen molar-refractivity contribution in [3.8, 4) is 6.07 Å². The van der Waals surface area contributed by atoms with Crippen LogP contribution in [0.15, 0.2) is 29.0 Å². The van der Waals surface area contributed by atoms with Crippen LogP contribution >= 0.6 is 23.1 Å². The third-order valence-electron chi connectivity index (χ3n) is 6.16. The average molecular weight is 469 g/mol. The van der Waals surface area contributed by atoms with Crippen LogP contribution in [0.5, 0.6) is 0 Å². The van der Waals surface area contributed by atoms with E-state index in [1.54, 1.807) is 17.7 Å². The molecule has 0 saturated heterocycles. The van der Waals surface area contributed by atoms with Gasteiger partial charge in [-0.1, -0.05) is 37.1 Å². The Morgan fingerprint density at radius 3 is 2.88 bits per heavy atom. The van der Waals surface area contributed by atoms with Crippen LogP contribution in [0.2, 0.25) is 0 Å². The summed E-state index contributed by atoms with van der Waals surface area (Å²) in [5.41, 5.74) is 2.60. The number of aryl methyl sites for hydroxylation is 2. The third kappa shape index (κ3) is 4.92. The number of nitriles is 1. The molecular formula is C23H28N6OS2. The fourth-order valence-corrected chi connectivity index (χ4v) is 5.82. The predicted molar refractivity (Wildman–Crippen MR) is 128 cm³/mol. The lowest BCUT2D eigenvalue weighted by Crippen LogP contribution is -2.22. The summed E-state index contributed by atoms with van der Waals surface area (Å²) in [6.07, 6.45) is 8.43. The first-order valence-electron chi connectivity index (χ1n) is 11.0. The Labute approximate surface area is 196 Å². The molecule has 0 aliphatic heterocycles. The number of carbonyl (C=O) groups is 1. The number of aromatic nitrogens is 4. The topological polar surface area (TPSA) is 88.5 Å². The van der Waals surface area contributed by atoms with Gasteiger partial charge in [0.2, 0.25) is 5.91 Å². The summed E-state index contributed by atoms with van der Waals surface area (Å²) < 4.78 is 4.18. The number of hydrogen-bond acceptors (Lipinski definition) is 6. The van der Waals surface area contributed by atoms with E-state index in [9.17, 15) is 10.1 Å². The Kier molecular flexibility index (Phi) is 7.33. The number of anilines is 1. The number of nitrogens with zero attached hydrogens (tertiary/aromatic N) is 5. The molecule has 32 heavy (non-hydrogen) atoms. The Morgan fingerprint density at radius 2 is 2.16 bits per heavy atom. The second-order valence-corrected chi connectivity index (χ2v) is 10.2. The molecule has 1 aliphatic carbocycles. The quantitative estimate of drug-likeness (QED) is 0.464. The number of amides is 1. The molecule has 1 fully saturated rings. The number of thiophene rings is 1. The van der Waals surface area contributed by atoms with E-state index in [-0.39, 0.29) is 11.7 Å². The largest absolute Gasteiger partial charge is 0.327 e. The number of nitrogens with one attached hydrogen (secondary N) is 1. The van der Waals surface area contributed by atoms with Crippen molar-refractivity contribution in [3.63, 3.8) is 0 Å². The van der Waals surface area contributed by atoms with Crippen LogP contribution in [-0.2, 0) is 17.8 Å². The average Bonchev–Trinajstić information content (AvgIpc) is 3.53. The molecule has 4 rings (SSSR count). The summed E-state index contributed by atoms with van der Waals surface area (Å²) >= 11 is 3.11. The van der Waals surface area contributed by atoms with Crippen molar-refractivity contribution < 1.29 is 4.79 Å². The molecule has 3 heterocycles. The van der Waals surface area contributed by atoms with E-state index in [2.05, 4.69) is 37.6 Å². The highest BCUT2D eigenvalue weighted by Gasteiger charge is 2.26. The Bertz CT molecular complexity index is 1100. The molecule has 3 aromatic heterocycles. The molecule has 0 spiro atoms. The summed E-state index contributed by atoms with van der Waals surface area (Å²) in [5.74, 6) is 0.740. The fraction of sp³-hybridized carbons (Fsp3) is 0.478. The zero-order valence-electron chi connectivity index (χ0n) is 18.5. The number of carbonyl (C=O) groups excluding carboxylic acids is 1. The van der Waals surface area contributed by atoms with Crippen LogP contribution in [0.25, 0.3) is 0 Å². The molecule has 7 nitrogen and oxygen atoms in total. The molecule has 0 radical (unpaired) electrons. The van der Waals surface area contributed by atoms with Crippen LogP contribution in [0.1, 0.15) is 59.8 Å². The smallest absolute Gasteiger partial charge is 0.235 e. The van der Waals surface area contributed by atoms with E-state index in [1.807, 2.05) is 24.5 Å². The molecule has 168 valence electrons. The van der Waals surface area contributed by atoms with Gasteiger partial charge in [-0.25, -0.2) is 0 Å². The number of hydrogen-bond donors (Lipinski definition) is 1. The van der Waals surface area contributed by atoms with Gasteiger partial charge in [0.05, 0.1) is 11.3 Å². The SMILES string of the molecule is Cc1c(C#N)c(NC(=O)CSc2nncn2CCc2cccs2)n(C2CCCCC2)c1C. The second-order valence-electron chi connectivity index (χ2n) is 8.18. The van der Waals surface area contributed by atoms with Crippen molar-refractivity contribution in [3.05, 3.63) is 45.5 Å². The molecule has 0 atom stereocenters. The minimum absolute atomic E-state index is 0.131. The monoisotopic (exact) mass is 468 g/mol. The van der Waals surface area contributed by atoms with Gasteiger partial charge in [0.15, 0.2) is 5.16 Å². The van der Waals surface area contributed by atoms with E-state index in [0.29, 0.717) is 17.4 Å². The van der Waals surface area contributed by atoms with Gasteiger partial charge in [-0.3, -0.25) is 4.79 Å². The van der Waals surface area contributed by atoms with Gasteiger partial charge in [-0.05, 0) is 50.1 Å². The Hall–Kier alpha value is -2.57. The van der Waals surface area contributed by atoms with Crippen LogP contribution in [0.4, 0.5) is 5.82 Å². The molecule has 0 unspecified atom stereocenters. The van der Waals surface area contributed by atoms with E-state index < -0.39 is 0 Å². The maximum absolute atomic E-state index is 12.9. The van der Waals surface area contributed by atoms with Gasteiger partial charge >= 0.3 is 0 Å². The second kappa shape index (κ2) is 10.4. The first-order chi connectivity index (χ1) is 15.6. The summed E-state index contributed by atoms with van der Waals surface area (Å²) in [5, 5.41) is 23.8. The number of thioether (sulfide) groups is 1. The van der Waals surface area contributed by atoms with Crippen molar-refractivity contribution in [2.75, 3.05) is 11.1 Å². The first kappa shape index (κ1) is 22.6. The van der Waals surface area contributed by atoms with E-state index in [4.69, 9.17) is 0 Å². The van der Waals surface area contributed by atoms with E-state index >= 15 is 0 Å². The van der Waals surface area contributed by atoms with Gasteiger partial charge < -0.3 is 14.5 Å². The minimum atomic E-state index is -0.131. The van der Waals surface area contributed by atoms with Gasteiger partial charge in [-0.2, -0.15) is 5.26 Å². The van der Waals surface area contributed by atoms with Crippen molar-refractivity contribution in [2.45, 2.75) is 70.1 Å². The summed E-state index contributed by atoms with van der Waals surface area (Å²) in [6, 6.07) is 6.82. The zero-order valence-corrected chi connectivity index (χ0v) is 20.1. The van der Waals surface area contributed by atoms with E-state index in [1.165, 1.54) is 35.9 Å². The molecule has 9 heteroatoms. The molecule has 1 saturated carbocycles. The Morgan fingerprint density at radius 1 is 1.34 bits per heavy atom. The summed E-state index contributed by atoms with van der Waals surface area (Å²) in [7, 11) is 0. The first-order valence-corrected chi connectivity index (χ1v) is 12.9. The standard InChI is InChI=1S/C23H28N6OS2/c1-16-17(2)29(18-7-4-3-5-8-18)22(20(16)13-24)26-21(30)14-32-23-27-25-15-28(23)11-10-19-9-6-12-31-19/h6,9,12,15,18H,3-5,7-8,10-11,14H2,1-2H3,(H,26,30). The number of rotatable bonds is 8. The van der Waals surface area contributed by atoms with Crippen LogP contribution < -0.4 is 5.32 Å². The molecule has 0 aromatic carbocycles. The van der Waals surface area contributed by atoms with Gasteiger partial charge in [0.1, 0.15) is 18.2 Å². The van der Waals surface area contributed by atoms with Crippen molar-refractivity contribution in [1.82, 2.24) is 19.3 Å². The predicted octanol–water partition coefficient (Wildman–Crippen LogP) is 5.11. The van der Waals surface area contributed by atoms with Gasteiger partial charge in [0, 0.05) is 23.2 Å². The fourth-order valence-electron chi connectivity index (χ4n) is 4.38. The summed E-state index contributed by atoms with van der Waals surface area (Å²) in [4.78, 5) is 14.2. The normalized spacial score (nSPS) is 14.4. The highest BCUT2D eigenvalue weighted by Crippen LogP contribution is 2.36. The maximum atomic E-state index is 12.9. The highest BCUT2D eigenvalue weighted by molar-refractivity contribution is 7.99. The van der Waals surface area contributed by atoms with Crippen molar-refractivity contribution >= 4 is 34.8 Å². The molecule has 1 N–H and O–H groups in total. The lowest BCUT2D eigenvalue weighted by atomic mass is 9.95. The molecule has 1 aliphatic rings. The highest BCUT2D eigenvalue weighted by atomic mass is 32.2. The van der Waals surface area contributed by atoms with Crippen LogP contribution in [0.3, 0.4) is 0 Å². The van der Waals surface area contributed by atoms with Gasteiger partial charge in [-0.15, -0.1) is 21.5 Å². The van der Waals surface area contributed by atoms with Crippen LogP contribution in [-0.4, -0.2) is 31.0 Å². The van der Waals surface area contributed by atoms with E-state index in [0.717, 1.165) is 42.2 Å². The summed E-state index contributed by atoms with van der Waals surface area (Å²) in [6.45, 7) is 4.79. The molecular weight excluding hydrogens is 440 g/mol. The molecule has 0 bridgehead atoms. The Balaban J connectivity index is 1.43. The molecule has 1 amide bonds. The minimum Gasteiger partial charge on any atom is -0.327 e. The van der Waals surface area contributed by atoms with Crippen molar-refractivity contribution in [1.29, 1.82) is 5.26 Å². The lowest BCUT2D eigenvalue weighted by molar-refractivity contribution is -0.113. The third-order valence-corrected chi connectivity index (χ3v) is 8.07. The van der Waals surface area contributed by atoms with Crippen LogP contribution in [0, 0.1) is 25.2 Å².